The minimum absolute atomic E-state index is 0.110. The summed E-state index contributed by atoms with van der Waals surface area (Å²) in [6.07, 6.45) is 19.2. The van der Waals surface area contributed by atoms with Crippen LogP contribution in [0.1, 0.15) is 99.3 Å². The number of hydrogen-bond acceptors (Lipinski definition) is 2. The lowest BCUT2D eigenvalue weighted by atomic mass is 9.47. The predicted octanol–water partition coefficient (Wildman–Crippen LogP) is 7.98. The van der Waals surface area contributed by atoms with Crippen LogP contribution in [0.4, 0.5) is 0 Å². The van der Waals surface area contributed by atoms with Crippen molar-refractivity contribution in [3.63, 3.8) is 0 Å². The summed E-state index contributed by atoms with van der Waals surface area (Å²) in [4.78, 5) is 10.9. The number of carbonyl (C=O) groups excluding carboxylic acids is 1. The highest BCUT2D eigenvalue weighted by molar-refractivity contribution is 5.38. The molecule has 0 spiro atoms. The van der Waals surface area contributed by atoms with Crippen molar-refractivity contribution in [1.29, 1.82) is 0 Å². The molecule has 0 aromatic rings. The molecule has 2 heteroatoms. The van der Waals surface area contributed by atoms with Crippen molar-refractivity contribution in [2.24, 2.45) is 52.3 Å². The second-order valence-electron chi connectivity index (χ2n) is 12.6. The summed E-state index contributed by atoms with van der Waals surface area (Å²) in [6, 6.07) is 0. The van der Waals surface area contributed by atoms with Gasteiger partial charge < -0.3 is 4.74 Å². The van der Waals surface area contributed by atoms with Gasteiger partial charge in [0.05, 0.1) is 0 Å². The smallest absolute Gasteiger partial charge is 0.293 e. The number of hydrogen-bond donors (Lipinski definition) is 0. The molecule has 0 aliphatic heterocycles. The summed E-state index contributed by atoms with van der Waals surface area (Å²) in [5, 5.41) is 0. The standard InChI is InChI=1S/C30H48O2/c1-7-22(20(2)3)9-8-21(4)26-12-13-27-25-11-10-23-18-24(32-19-31)14-16-29(23,5)28(25)15-17-30(26,27)6/h8-10,19-22,24-28H,7,11-18H2,1-6H3/b9-8+/t21-,22-,24?,25+,26-,27+,28+,29+,30-/m1/s1. The van der Waals surface area contributed by atoms with E-state index in [1.54, 1.807) is 5.57 Å². The highest BCUT2D eigenvalue weighted by Gasteiger charge is 2.59. The van der Waals surface area contributed by atoms with Gasteiger partial charge in [0, 0.05) is 6.42 Å². The second kappa shape index (κ2) is 9.30. The van der Waals surface area contributed by atoms with Crippen LogP contribution in [0.15, 0.2) is 23.8 Å². The maximum Gasteiger partial charge on any atom is 0.293 e. The molecule has 0 aromatic heterocycles. The summed E-state index contributed by atoms with van der Waals surface area (Å²) >= 11 is 0. The van der Waals surface area contributed by atoms with E-state index in [0.29, 0.717) is 23.2 Å². The van der Waals surface area contributed by atoms with Gasteiger partial charge in [0.25, 0.3) is 6.47 Å². The van der Waals surface area contributed by atoms with Crippen LogP contribution in [-0.2, 0) is 9.53 Å². The third-order valence-electron chi connectivity index (χ3n) is 11.0. The first-order chi connectivity index (χ1) is 15.2. The van der Waals surface area contributed by atoms with Gasteiger partial charge in [0.2, 0.25) is 0 Å². The van der Waals surface area contributed by atoms with Crippen LogP contribution in [0.3, 0.4) is 0 Å². The molecule has 2 nitrogen and oxygen atoms in total. The quantitative estimate of drug-likeness (QED) is 0.296. The van der Waals surface area contributed by atoms with E-state index in [1.807, 2.05) is 0 Å². The third-order valence-corrected chi connectivity index (χ3v) is 11.0. The van der Waals surface area contributed by atoms with E-state index in [2.05, 4.69) is 59.8 Å². The Morgan fingerprint density at radius 2 is 1.84 bits per heavy atom. The highest BCUT2D eigenvalue weighted by atomic mass is 16.5. The molecule has 0 aromatic carbocycles. The first-order valence-corrected chi connectivity index (χ1v) is 13.7. The molecule has 180 valence electrons. The van der Waals surface area contributed by atoms with Crippen molar-refractivity contribution in [2.45, 2.75) is 105 Å². The van der Waals surface area contributed by atoms with Crippen LogP contribution in [0, 0.1) is 52.3 Å². The fourth-order valence-electron chi connectivity index (χ4n) is 9.01. The lowest BCUT2D eigenvalue weighted by molar-refractivity contribution is -0.136. The van der Waals surface area contributed by atoms with Gasteiger partial charge >= 0.3 is 0 Å². The molecular weight excluding hydrogens is 392 g/mol. The van der Waals surface area contributed by atoms with Gasteiger partial charge in [0.15, 0.2) is 0 Å². The normalized spacial score (nSPS) is 43.2. The Morgan fingerprint density at radius 1 is 1.06 bits per heavy atom. The number of allylic oxidation sites excluding steroid dienone is 3. The Morgan fingerprint density at radius 3 is 2.53 bits per heavy atom. The summed E-state index contributed by atoms with van der Waals surface area (Å²) in [5.74, 6) is 5.55. The van der Waals surface area contributed by atoms with Crippen LogP contribution < -0.4 is 0 Å². The van der Waals surface area contributed by atoms with Crippen molar-refractivity contribution in [2.75, 3.05) is 0 Å². The van der Waals surface area contributed by atoms with E-state index in [-0.39, 0.29) is 6.10 Å². The van der Waals surface area contributed by atoms with E-state index in [4.69, 9.17) is 4.74 Å². The maximum atomic E-state index is 10.9. The first kappa shape index (κ1) is 24.1. The maximum absolute atomic E-state index is 10.9. The van der Waals surface area contributed by atoms with Crippen molar-refractivity contribution in [1.82, 2.24) is 0 Å². The lowest BCUT2D eigenvalue weighted by Gasteiger charge is -2.58. The third kappa shape index (κ3) is 4.03. The number of fused-ring (bicyclic) bond motifs is 5. The Labute approximate surface area is 197 Å². The van der Waals surface area contributed by atoms with E-state index < -0.39 is 0 Å². The van der Waals surface area contributed by atoms with Crippen LogP contribution in [-0.4, -0.2) is 12.6 Å². The highest BCUT2D eigenvalue weighted by Crippen LogP contribution is 2.67. The van der Waals surface area contributed by atoms with Crippen molar-refractivity contribution in [3.8, 4) is 0 Å². The Kier molecular flexibility index (Phi) is 7.00. The van der Waals surface area contributed by atoms with Crippen LogP contribution in [0.5, 0.6) is 0 Å². The lowest BCUT2D eigenvalue weighted by Crippen LogP contribution is -2.50. The van der Waals surface area contributed by atoms with E-state index in [1.165, 1.54) is 44.9 Å². The Hall–Kier alpha value is -1.05. The molecule has 0 amide bonds. The predicted molar refractivity (Wildman–Crippen MR) is 133 cm³/mol. The Bertz CT molecular complexity index is 735. The van der Waals surface area contributed by atoms with E-state index >= 15 is 0 Å². The molecule has 0 radical (unpaired) electrons. The zero-order valence-corrected chi connectivity index (χ0v) is 21.6. The van der Waals surface area contributed by atoms with Gasteiger partial charge in [0.1, 0.15) is 6.10 Å². The van der Waals surface area contributed by atoms with Crippen molar-refractivity contribution in [3.05, 3.63) is 23.8 Å². The summed E-state index contributed by atoms with van der Waals surface area (Å²) in [5.41, 5.74) is 2.44. The van der Waals surface area contributed by atoms with Gasteiger partial charge in [-0.15, -0.1) is 0 Å². The van der Waals surface area contributed by atoms with Crippen molar-refractivity contribution < 1.29 is 9.53 Å². The first-order valence-electron chi connectivity index (χ1n) is 13.7. The summed E-state index contributed by atoms with van der Waals surface area (Å²) < 4.78 is 5.37. The van der Waals surface area contributed by atoms with Crippen molar-refractivity contribution >= 4 is 6.47 Å². The molecule has 9 atom stereocenters. The zero-order valence-electron chi connectivity index (χ0n) is 21.6. The molecule has 0 N–H and O–H groups in total. The minimum atomic E-state index is 0.110. The van der Waals surface area contributed by atoms with Gasteiger partial charge in [-0.2, -0.15) is 0 Å². The number of ether oxygens (including phenoxy) is 1. The van der Waals surface area contributed by atoms with E-state index in [9.17, 15) is 4.79 Å². The molecule has 3 saturated carbocycles. The fourth-order valence-corrected chi connectivity index (χ4v) is 9.01. The fraction of sp³-hybridized carbons (Fsp3) is 0.833. The number of rotatable bonds is 7. The molecule has 1 unspecified atom stereocenters. The SMILES string of the molecule is CC[C@H](/C=C/[C@@H](C)[C@H]1CC[C@H]2[C@@H]3CC=C4CC(OC=O)CC[C@]4(C)[C@H]3CC[C@]12C)C(C)C. The van der Waals surface area contributed by atoms with Crippen LogP contribution in [0.25, 0.3) is 0 Å². The van der Waals surface area contributed by atoms with Gasteiger partial charge in [-0.05, 0) is 104 Å². The molecule has 4 aliphatic carbocycles. The summed E-state index contributed by atoms with van der Waals surface area (Å²) in [7, 11) is 0. The zero-order chi connectivity index (χ0) is 23.1. The Balaban J connectivity index is 1.50. The summed E-state index contributed by atoms with van der Waals surface area (Å²) in [6.45, 7) is 15.4. The monoisotopic (exact) mass is 440 g/mol. The average Bonchev–Trinajstić information content (AvgIpc) is 3.11. The molecule has 32 heavy (non-hydrogen) atoms. The molecule has 4 aliphatic rings. The van der Waals surface area contributed by atoms with Gasteiger partial charge in [-0.25, -0.2) is 0 Å². The minimum Gasteiger partial charge on any atom is -0.464 e. The molecule has 0 saturated heterocycles. The molecular formula is C30H48O2. The number of carbonyl (C=O) groups is 1. The topological polar surface area (TPSA) is 26.3 Å². The van der Waals surface area contributed by atoms with Crippen LogP contribution in [0.2, 0.25) is 0 Å². The largest absolute Gasteiger partial charge is 0.464 e. The van der Waals surface area contributed by atoms with E-state index in [0.717, 1.165) is 48.3 Å². The second-order valence-corrected chi connectivity index (χ2v) is 12.6. The molecule has 3 fully saturated rings. The van der Waals surface area contributed by atoms with Crippen LogP contribution >= 0.6 is 0 Å². The average molecular weight is 441 g/mol. The van der Waals surface area contributed by atoms with Gasteiger partial charge in [-0.3, -0.25) is 4.79 Å². The van der Waals surface area contributed by atoms with Gasteiger partial charge in [-0.1, -0.05) is 65.3 Å². The molecule has 4 rings (SSSR count). The molecule has 0 heterocycles. The molecule has 0 bridgehead atoms.